The molecule has 0 bridgehead atoms. The summed E-state index contributed by atoms with van der Waals surface area (Å²) in [5.41, 5.74) is -0.672. The molecule has 0 aliphatic heterocycles. The zero-order valence-corrected chi connectivity index (χ0v) is 17.3. The molecule has 152 valence electrons. The summed E-state index contributed by atoms with van der Waals surface area (Å²) in [6.45, 7) is 6.84. The first-order chi connectivity index (χ1) is 12.0. The molecule has 0 aromatic rings. The van der Waals surface area contributed by atoms with E-state index in [1.807, 2.05) is 0 Å². The molecule has 0 aromatic carbocycles. The van der Waals surface area contributed by atoms with E-state index in [0.717, 1.165) is 25.7 Å². The summed E-state index contributed by atoms with van der Waals surface area (Å²) in [5, 5.41) is 2.52. The smallest absolute Gasteiger partial charge is 0.410 e. The second-order valence-electron chi connectivity index (χ2n) is 8.17. The maximum absolute atomic E-state index is 12.3. The van der Waals surface area contributed by atoms with Crippen molar-refractivity contribution in [3.05, 3.63) is 0 Å². The van der Waals surface area contributed by atoms with Crippen molar-refractivity contribution in [2.24, 2.45) is 11.3 Å². The van der Waals surface area contributed by atoms with Gasteiger partial charge in [-0.2, -0.15) is 0 Å². The highest BCUT2D eigenvalue weighted by molar-refractivity contribution is 7.57. The molecule has 2 unspecified atom stereocenters. The Morgan fingerprint density at radius 2 is 1.81 bits per heavy atom. The molecule has 0 heterocycles. The van der Waals surface area contributed by atoms with Crippen molar-refractivity contribution in [3.63, 3.8) is 0 Å². The molecule has 0 aromatic heterocycles. The topological polar surface area (TPSA) is 102 Å². The number of nitrogens with one attached hydrogen (secondary N) is 1. The predicted molar refractivity (Wildman–Crippen MR) is 100 cm³/mol. The average Bonchev–Trinajstić information content (AvgIpc) is 2.51. The lowest BCUT2D eigenvalue weighted by Crippen LogP contribution is -2.33. The number of hydrogen-bond donors (Lipinski definition) is 2. The van der Waals surface area contributed by atoms with E-state index in [4.69, 9.17) is 9.47 Å². The fraction of sp³-hybridized carbons (Fsp3) is 0.889. The van der Waals surface area contributed by atoms with Gasteiger partial charge in [-0.3, -0.25) is 9.36 Å². The normalized spacial score (nSPS) is 19.3. The third kappa shape index (κ3) is 9.58. The van der Waals surface area contributed by atoms with Gasteiger partial charge in [0.2, 0.25) is 13.7 Å². The van der Waals surface area contributed by atoms with Crippen LogP contribution in [0.5, 0.6) is 0 Å². The van der Waals surface area contributed by atoms with E-state index < -0.39 is 31.1 Å². The first-order valence-electron chi connectivity index (χ1n) is 9.46. The summed E-state index contributed by atoms with van der Waals surface area (Å²) in [6, 6.07) is 0. The lowest BCUT2D eigenvalue weighted by molar-refractivity contribution is -0.174. The summed E-state index contributed by atoms with van der Waals surface area (Å²) in [6.07, 6.45) is 4.90. The van der Waals surface area contributed by atoms with Crippen molar-refractivity contribution in [1.29, 1.82) is 0 Å². The van der Waals surface area contributed by atoms with Gasteiger partial charge in [0.25, 0.3) is 0 Å². The van der Waals surface area contributed by atoms with Gasteiger partial charge in [-0.25, -0.2) is 4.79 Å². The van der Waals surface area contributed by atoms with Crippen LogP contribution in [0.25, 0.3) is 0 Å². The summed E-state index contributed by atoms with van der Waals surface area (Å²) < 4.78 is 22.2. The fourth-order valence-electron chi connectivity index (χ4n) is 2.92. The molecule has 1 aliphatic rings. The monoisotopic (exact) mass is 391 g/mol. The third-order valence-electron chi connectivity index (χ3n) is 4.38. The Labute approximate surface area is 156 Å². The molecule has 7 nitrogen and oxygen atoms in total. The molecule has 0 saturated heterocycles. The number of carbonyl (C=O) groups excluding carboxylic acids is 2. The van der Waals surface area contributed by atoms with Crippen LogP contribution in [0.3, 0.4) is 0 Å². The molecule has 26 heavy (non-hydrogen) atoms. The zero-order valence-electron chi connectivity index (χ0n) is 16.5. The highest BCUT2D eigenvalue weighted by Crippen LogP contribution is 2.45. The number of amides is 1. The lowest BCUT2D eigenvalue weighted by atomic mass is 9.91. The molecule has 1 saturated carbocycles. The Kier molecular flexibility index (Phi) is 9.11. The Morgan fingerprint density at radius 3 is 2.38 bits per heavy atom. The van der Waals surface area contributed by atoms with Crippen LogP contribution in [0.4, 0.5) is 4.79 Å². The van der Waals surface area contributed by atoms with Gasteiger partial charge in [-0.1, -0.05) is 19.3 Å². The van der Waals surface area contributed by atoms with Gasteiger partial charge >= 0.3 is 12.1 Å². The Balaban J connectivity index is 2.20. The van der Waals surface area contributed by atoms with Gasteiger partial charge in [-0.05, 0) is 46.0 Å². The largest absolute Gasteiger partial charge is 0.425 e. The maximum Gasteiger partial charge on any atom is 0.410 e. The predicted octanol–water partition coefficient (Wildman–Crippen LogP) is 3.89. The second-order valence-corrected chi connectivity index (χ2v) is 10.7. The molecule has 1 rings (SSSR count). The minimum Gasteiger partial charge on any atom is -0.425 e. The van der Waals surface area contributed by atoms with E-state index in [1.165, 1.54) is 13.3 Å². The van der Waals surface area contributed by atoms with Gasteiger partial charge in [-0.15, -0.1) is 0 Å². The van der Waals surface area contributed by atoms with Gasteiger partial charge in [0.05, 0.1) is 5.41 Å². The molecular formula is C18H34NO6P. The number of esters is 1. The van der Waals surface area contributed by atoms with E-state index >= 15 is 0 Å². The van der Waals surface area contributed by atoms with E-state index in [0.29, 0.717) is 18.5 Å². The number of carbonyl (C=O) groups is 2. The van der Waals surface area contributed by atoms with Gasteiger partial charge in [0.1, 0.15) is 0 Å². The maximum atomic E-state index is 12.3. The first kappa shape index (κ1) is 23.0. The van der Waals surface area contributed by atoms with Crippen molar-refractivity contribution in [3.8, 4) is 0 Å². The van der Waals surface area contributed by atoms with Crippen LogP contribution >= 0.6 is 7.37 Å². The van der Waals surface area contributed by atoms with E-state index in [9.17, 15) is 19.0 Å². The van der Waals surface area contributed by atoms with E-state index in [1.54, 1.807) is 20.8 Å². The van der Waals surface area contributed by atoms with Crippen molar-refractivity contribution < 1.29 is 28.5 Å². The zero-order chi connectivity index (χ0) is 19.8. The van der Waals surface area contributed by atoms with Crippen LogP contribution in [-0.4, -0.2) is 42.1 Å². The Morgan fingerprint density at radius 1 is 1.19 bits per heavy atom. The van der Waals surface area contributed by atoms with Gasteiger partial charge < -0.3 is 19.7 Å². The van der Waals surface area contributed by atoms with Crippen molar-refractivity contribution in [2.45, 2.75) is 72.5 Å². The minimum atomic E-state index is -3.15. The van der Waals surface area contributed by atoms with Crippen molar-refractivity contribution >= 4 is 19.4 Å². The number of rotatable bonds is 8. The van der Waals surface area contributed by atoms with E-state index in [2.05, 4.69) is 5.32 Å². The molecule has 0 spiro atoms. The summed E-state index contributed by atoms with van der Waals surface area (Å²) in [4.78, 5) is 33.5. The fourth-order valence-corrected chi connectivity index (χ4v) is 4.93. The quantitative estimate of drug-likeness (QED) is 0.282. The van der Waals surface area contributed by atoms with Crippen LogP contribution < -0.4 is 5.32 Å². The Hall–Kier alpha value is -1.07. The van der Waals surface area contributed by atoms with Crippen molar-refractivity contribution in [1.82, 2.24) is 5.32 Å². The molecule has 2 atom stereocenters. The summed E-state index contributed by atoms with van der Waals surface area (Å²) in [7, 11) is -3.15. The molecule has 8 heteroatoms. The highest BCUT2D eigenvalue weighted by Gasteiger charge is 2.27. The highest BCUT2D eigenvalue weighted by atomic mass is 31.2. The van der Waals surface area contributed by atoms with Crippen LogP contribution in [-0.2, 0) is 18.8 Å². The number of ether oxygens (including phenoxy) is 2. The number of alkyl carbamates (subject to hydrolysis) is 1. The minimum absolute atomic E-state index is 0.193. The Bertz CT molecular complexity index is 510. The molecule has 1 fully saturated rings. The summed E-state index contributed by atoms with van der Waals surface area (Å²) in [5.74, 6) is -0.0995. The van der Waals surface area contributed by atoms with Crippen LogP contribution in [0.15, 0.2) is 0 Å². The van der Waals surface area contributed by atoms with E-state index in [-0.39, 0.29) is 12.7 Å². The van der Waals surface area contributed by atoms with Crippen LogP contribution in [0.1, 0.15) is 66.2 Å². The van der Waals surface area contributed by atoms with Gasteiger partial charge in [0, 0.05) is 25.8 Å². The van der Waals surface area contributed by atoms with Gasteiger partial charge in [0.15, 0.2) is 0 Å². The van der Waals surface area contributed by atoms with Crippen LogP contribution in [0, 0.1) is 11.3 Å². The first-order valence-corrected chi connectivity index (χ1v) is 11.5. The molecule has 2 N–H and O–H groups in total. The molecule has 1 amide bonds. The number of hydrogen-bond acceptors (Lipinski definition) is 5. The van der Waals surface area contributed by atoms with Crippen LogP contribution in [0.2, 0.25) is 0 Å². The average molecular weight is 391 g/mol. The SMILES string of the molecule is CC(OC(=O)NCCCP(=O)(O)CC1CCCCC1)OC(=O)C(C)(C)C. The van der Waals surface area contributed by atoms with Crippen molar-refractivity contribution in [2.75, 3.05) is 18.9 Å². The standard InChI is InChI=1S/C18H34NO6P/c1-14(24-16(20)18(2,3)4)25-17(21)19-11-8-12-26(22,23)13-15-9-6-5-7-10-15/h14-15H,5-13H2,1-4H3,(H,19,21)(H,22,23). The molecule has 0 radical (unpaired) electrons. The summed E-state index contributed by atoms with van der Waals surface area (Å²) >= 11 is 0. The third-order valence-corrected chi connectivity index (χ3v) is 6.48. The molecular weight excluding hydrogens is 357 g/mol. The molecule has 1 aliphatic carbocycles. The lowest BCUT2D eigenvalue weighted by Gasteiger charge is -2.24. The second kappa shape index (κ2) is 10.3.